The molecule has 0 aliphatic carbocycles. The van der Waals surface area contributed by atoms with E-state index >= 15 is 0 Å². The van der Waals surface area contributed by atoms with Crippen LogP contribution in [-0.4, -0.2) is 10.1 Å². The van der Waals surface area contributed by atoms with Gasteiger partial charge in [-0.25, -0.2) is 9.37 Å². The van der Waals surface area contributed by atoms with E-state index in [2.05, 4.69) is 20.9 Å². The molecule has 2 nitrogen and oxygen atoms in total. The van der Waals surface area contributed by atoms with E-state index in [0.29, 0.717) is 0 Å². The molecule has 4 heteroatoms. The van der Waals surface area contributed by atoms with Crippen LogP contribution in [0.5, 0.6) is 5.88 Å². The first-order valence-electron chi connectivity index (χ1n) is 2.20. The predicted octanol–water partition coefficient (Wildman–Crippen LogP) is 1.69. The Morgan fingerprint density at radius 3 is 2.78 bits per heavy atom. The third-order valence-corrected chi connectivity index (χ3v) is 1.37. The van der Waals surface area contributed by atoms with Gasteiger partial charge in [0.25, 0.3) is 0 Å². The number of hydrogen-bond acceptors (Lipinski definition) is 2. The molecule has 0 fully saturated rings. The average Bonchev–Trinajstić information content (AvgIpc) is 1.80. The summed E-state index contributed by atoms with van der Waals surface area (Å²) in [5.74, 6) is -0.670. The van der Waals surface area contributed by atoms with Crippen molar-refractivity contribution in [1.82, 2.24) is 4.98 Å². The van der Waals surface area contributed by atoms with E-state index in [1.165, 1.54) is 0 Å². The highest BCUT2D eigenvalue weighted by molar-refractivity contribution is 9.10. The van der Waals surface area contributed by atoms with Crippen molar-refractivity contribution in [2.75, 3.05) is 0 Å². The molecule has 0 aliphatic rings. The molecule has 1 aromatic heterocycles. The maximum Gasteiger partial charge on any atom is 0.225 e. The summed E-state index contributed by atoms with van der Waals surface area (Å²) in [7, 11) is 0. The molecule has 0 unspecified atom stereocenters. The molecule has 1 aromatic rings. The van der Waals surface area contributed by atoms with Gasteiger partial charge in [0, 0.05) is 0 Å². The molecule has 1 heterocycles. The first kappa shape index (κ1) is 6.48. The SMILES string of the molecule is Oc1ncc(F)cc1Br. The Hall–Kier alpha value is -0.640. The Labute approximate surface area is 59.5 Å². The lowest BCUT2D eigenvalue weighted by atomic mass is 10.5. The van der Waals surface area contributed by atoms with Gasteiger partial charge in [-0.1, -0.05) is 0 Å². The highest BCUT2D eigenvalue weighted by atomic mass is 79.9. The molecule has 0 radical (unpaired) electrons. The van der Waals surface area contributed by atoms with Gasteiger partial charge in [0.1, 0.15) is 5.82 Å². The molecule has 0 aromatic carbocycles. The molecule has 0 aliphatic heterocycles. The van der Waals surface area contributed by atoms with Crippen LogP contribution in [0.2, 0.25) is 0 Å². The number of hydrogen-bond donors (Lipinski definition) is 1. The molecule has 0 amide bonds. The second-order valence-corrected chi connectivity index (χ2v) is 2.31. The lowest BCUT2D eigenvalue weighted by Gasteiger charge is -1.91. The van der Waals surface area contributed by atoms with Crippen LogP contribution in [0.1, 0.15) is 0 Å². The summed E-state index contributed by atoms with van der Waals surface area (Å²) in [5, 5.41) is 8.72. The largest absolute Gasteiger partial charge is 0.492 e. The Morgan fingerprint density at radius 1 is 1.67 bits per heavy atom. The second-order valence-electron chi connectivity index (χ2n) is 1.46. The van der Waals surface area contributed by atoms with Crippen molar-refractivity contribution in [1.29, 1.82) is 0 Å². The van der Waals surface area contributed by atoms with Crippen LogP contribution in [0, 0.1) is 5.82 Å². The summed E-state index contributed by atoms with van der Waals surface area (Å²) in [6.07, 6.45) is 0.945. The first-order chi connectivity index (χ1) is 4.20. The van der Waals surface area contributed by atoms with Gasteiger partial charge in [0.05, 0.1) is 10.7 Å². The fourth-order valence-electron chi connectivity index (χ4n) is 0.407. The minimum absolute atomic E-state index is 0.198. The van der Waals surface area contributed by atoms with Gasteiger partial charge in [-0.05, 0) is 22.0 Å². The Balaban J connectivity index is 3.17. The molecular formula is C5H3BrFNO. The quantitative estimate of drug-likeness (QED) is 0.678. The lowest BCUT2D eigenvalue weighted by molar-refractivity contribution is 0.445. The molecule has 9 heavy (non-hydrogen) atoms. The third-order valence-electron chi connectivity index (χ3n) is 0.788. The van der Waals surface area contributed by atoms with Gasteiger partial charge < -0.3 is 5.11 Å². The topological polar surface area (TPSA) is 33.1 Å². The van der Waals surface area contributed by atoms with Crippen molar-refractivity contribution in [3.05, 3.63) is 22.6 Å². The monoisotopic (exact) mass is 191 g/mol. The summed E-state index contributed by atoms with van der Waals surface area (Å²) in [6, 6.07) is 1.14. The lowest BCUT2D eigenvalue weighted by Crippen LogP contribution is -1.78. The summed E-state index contributed by atoms with van der Waals surface area (Å²) < 4.78 is 12.4. The normalized spacial score (nSPS) is 9.56. The van der Waals surface area contributed by atoms with Crippen molar-refractivity contribution in [2.24, 2.45) is 0 Å². The van der Waals surface area contributed by atoms with E-state index in [4.69, 9.17) is 5.11 Å². The van der Waals surface area contributed by atoms with Gasteiger partial charge in [-0.15, -0.1) is 0 Å². The summed E-state index contributed by atoms with van der Waals surface area (Å²) in [6.45, 7) is 0. The Bertz CT molecular complexity index is 228. The van der Waals surface area contributed by atoms with Crippen molar-refractivity contribution >= 4 is 15.9 Å². The maximum absolute atomic E-state index is 12.1. The number of nitrogens with zero attached hydrogens (tertiary/aromatic N) is 1. The molecular weight excluding hydrogens is 189 g/mol. The Kier molecular flexibility index (Phi) is 1.66. The highest BCUT2D eigenvalue weighted by Crippen LogP contribution is 2.19. The van der Waals surface area contributed by atoms with Crippen molar-refractivity contribution < 1.29 is 9.50 Å². The molecule has 0 saturated carbocycles. The molecule has 0 saturated heterocycles. The van der Waals surface area contributed by atoms with Crippen LogP contribution < -0.4 is 0 Å². The van der Waals surface area contributed by atoms with Crippen LogP contribution in [0.4, 0.5) is 4.39 Å². The number of aromatic hydroxyl groups is 1. The smallest absolute Gasteiger partial charge is 0.225 e. The van der Waals surface area contributed by atoms with Gasteiger partial charge in [0.15, 0.2) is 0 Å². The Morgan fingerprint density at radius 2 is 2.33 bits per heavy atom. The van der Waals surface area contributed by atoms with Crippen molar-refractivity contribution in [2.45, 2.75) is 0 Å². The second kappa shape index (κ2) is 2.31. The first-order valence-corrected chi connectivity index (χ1v) is 2.99. The molecule has 1 rings (SSSR count). The van der Waals surface area contributed by atoms with E-state index in [1.54, 1.807) is 0 Å². The zero-order valence-electron chi connectivity index (χ0n) is 4.31. The van der Waals surface area contributed by atoms with E-state index in [0.717, 1.165) is 12.3 Å². The van der Waals surface area contributed by atoms with Crippen molar-refractivity contribution in [3.63, 3.8) is 0 Å². The zero-order valence-corrected chi connectivity index (χ0v) is 5.89. The van der Waals surface area contributed by atoms with Crippen LogP contribution >= 0.6 is 15.9 Å². The predicted molar refractivity (Wildman–Crippen MR) is 33.6 cm³/mol. The van der Waals surface area contributed by atoms with E-state index < -0.39 is 5.82 Å². The average molecular weight is 192 g/mol. The fraction of sp³-hybridized carbons (Fsp3) is 0. The van der Waals surface area contributed by atoms with Crippen molar-refractivity contribution in [3.8, 4) is 5.88 Å². The minimum atomic E-state index is -0.473. The third kappa shape index (κ3) is 1.38. The number of halogens is 2. The minimum Gasteiger partial charge on any atom is -0.492 e. The van der Waals surface area contributed by atoms with E-state index in [9.17, 15) is 4.39 Å². The maximum atomic E-state index is 12.1. The van der Waals surface area contributed by atoms with Crippen LogP contribution in [-0.2, 0) is 0 Å². The van der Waals surface area contributed by atoms with E-state index in [-0.39, 0.29) is 10.4 Å². The zero-order chi connectivity index (χ0) is 6.85. The molecule has 0 spiro atoms. The number of pyridine rings is 1. The standard InChI is InChI=1S/C5H3BrFNO/c6-4-1-3(7)2-8-5(4)9/h1-2H,(H,8,9). The summed E-state index contributed by atoms with van der Waals surface area (Å²) in [4.78, 5) is 3.31. The van der Waals surface area contributed by atoms with Gasteiger partial charge >= 0.3 is 0 Å². The number of aromatic nitrogens is 1. The van der Waals surface area contributed by atoms with Gasteiger partial charge in [-0.3, -0.25) is 0 Å². The van der Waals surface area contributed by atoms with Crippen LogP contribution in [0.3, 0.4) is 0 Å². The van der Waals surface area contributed by atoms with Gasteiger partial charge in [0.2, 0.25) is 5.88 Å². The van der Waals surface area contributed by atoms with E-state index in [1.807, 2.05) is 0 Å². The summed E-state index contributed by atoms with van der Waals surface area (Å²) >= 11 is 2.89. The van der Waals surface area contributed by atoms with Gasteiger partial charge in [-0.2, -0.15) is 0 Å². The fourth-order valence-corrected chi connectivity index (χ4v) is 0.728. The number of rotatable bonds is 0. The summed E-state index contributed by atoms with van der Waals surface area (Å²) in [5.41, 5.74) is 0. The van der Waals surface area contributed by atoms with Crippen LogP contribution in [0.15, 0.2) is 16.7 Å². The molecule has 48 valence electrons. The highest BCUT2D eigenvalue weighted by Gasteiger charge is 1.98. The molecule has 1 N–H and O–H groups in total. The van der Waals surface area contributed by atoms with Crippen LogP contribution in [0.25, 0.3) is 0 Å². The molecule has 0 bridgehead atoms. The molecule has 0 atom stereocenters.